The Balaban J connectivity index is 3.06. The molecule has 3 nitrogen and oxygen atoms in total. The van der Waals surface area contributed by atoms with Crippen molar-refractivity contribution in [3.05, 3.63) is 29.6 Å². The molecule has 96 valence electrons. The molecule has 17 heavy (non-hydrogen) atoms. The van der Waals surface area contributed by atoms with Crippen LogP contribution in [0.5, 0.6) is 0 Å². The van der Waals surface area contributed by atoms with Gasteiger partial charge in [0.1, 0.15) is 5.82 Å². The van der Waals surface area contributed by atoms with Crippen LogP contribution in [0.25, 0.3) is 0 Å². The van der Waals surface area contributed by atoms with Crippen molar-refractivity contribution in [3.8, 4) is 0 Å². The van der Waals surface area contributed by atoms with Gasteiger partial charge in [-0.1, -0.05) is 13.8 Å². The molecule has 0 aromatic heterocycles. The third kappa shape index (κ3) is 3.51. The van der Waals surface area contributed by atoms with E-state index < -0.39 is 15.8 Å². The highest BCUT2D eigenvalue weighted by Crippen LogP contribution is 2.17. The molecule has 0 aliphatic carbocycles. The lowest BCUT2D eigenvalue weighted by atomic mass is 10.1. The zero-order valence-corrected chi connectivity index (χ0v) is 11.3. The smallest absolute Gasteiger partial charge is 0.208 e. The maximum Gasteiger partial charge on any atom is 0.241 e. The third-order valence-corrected chi connectivity index (χ3v) is 4.49. The van der Waals surface area contributed by atoms with Gasteiger partial charge < -0.3 is 0 Å². The molecular weight excluding hydrogens is 241 g/mol. The predicted octanol–water partition coefficient (Wildman–Crippen LogP) is 2.46. The molecular formula is C12H18FNO2S. The van der Waals surface area contributed by atoms with Crippen molar-refractivity contribution in [3.63, 3.8) is 0 Å². The molecule has 1 aromatic rings. The summed E-state index contributed by atoms with van der Waals surface area (Å²) in [6.45, 7) is 7.26. The molecule has 5 heteroatoms. The fourth-order valence-electron chi connectivity index (χ4n) is 1.36. The summed E-state index contributed by atoms with van der Waals surface area (Å²) in [5.74, 6) is -0.233. The Morgan fingerprint density at radius 1 is 1.24 bits per heavy atom. The number of rotatable bonds is 4. The number of aryl methyl sites for hydroxylation is 1. The lowest BCUT2D eigenvalue weighted by Crippen LogP contribution is -2.36. The first-order valence-corrected chi connectivity index (χ1v) is 7.01. The van der Waals surface area contributed by atoms with E-state index in [1.54, 1.807) is 13.8 Å². The summed E-state index contributed by atoms with van der Waals surface area (Å²) in [7, 11) is -3.57. The van der Waals surface area contributed by atoms with Gasteiger partial charge in [-0.15, -0.1) is 0 Å². The topological polar surface area (TPSA) is 46.2 Å². The van der Waals surface area contributed by atoms with Gasteiger partial charge >= 0.3 is 0 Å². The van der Waals surface area contributed by atoms with E-state index in [1.165, 1.54) is 12.1 Å². The van der Waals surface area contributed by atoms with Gasteiger partial charge in [-0.25, -0.2) is 17.5 Å². The van der Waals surface area contributed by atoms with Crippen molar-refractivity contribution in [2.75, 3.05) is 0 Å². The number of hydrogen-bond donors (Lipinski definition) is 1. The van der Waals surface area contributed by atoms with Crippen LogP contribution in [0.15, 0.2) is 23.1 Å². The molecule has 0 bridgehead atoms. The largest absolute Gasteiger partial charge is 0.241 e. The van der Waals surface area contributed by atoms with Crippen molar-refractivity contribution >= 4 is 10.0 Å². The van der Waals surface area contributed by atoms with Crippen LogP contribution in [0.3, 0.4) is 0 Å². The minimum Gasteiger partial charge on any atom is -0.208 e. The van der Waals surface area contributed by atoms with E-state index in [0.29, 0.717) is 5.56 Å². The fourth-order valence-corrected chi connectivity index (χ4v) is 2.98. The Morgan fingerprint density at radius 2 is 1.82 bits per heavy atom. The Labute approximate surface area is 102 Å². The zero-order chi connectivity index (χ0) is 13.2. The quantitative estimate of drug-likeness (QED) is 0.902. The summed E-state index contributed by atoms with van der Waals surface area (Å²) in [6.07, 6.45) is 0. The first-order valence-electron chi connectivity index (χ1n) is 5.52. The summed E-state index contributed by atoms with van der Waals surface area (Å²) in [5.41, 5.74) is 0.411. The van der Waals surface area contributed by atoms with Gasteiger partial charge in [-0.3, -0.25) is 0 Å². The van der Waals surface area contributed by atoms with Crippen LogP contribution < -0.4 is 4.72 Å². The maximum atomic E-state index is 12.9. The van der Waals surface area contributed by atoms with Crippen LogP contribution in [0.4, 0.5) is 4.39 Å². The van der Waals surface area contributed by atoms with E-state index in [4.69, 9.17) is 0 Å². The maximum absolute atomic E-state index is 12.9. The zero-order valence-electron chi connectivity index (χ0n) is 10.5. The molecule has 0 spiro atoms. The number of benzene rings is 1. The minimum absolute atomic E-state index is 0.131. The van der Waals surface area contributed by atoms with E-state index in [9.17, 15) is 12.8 Å². The predicted molar refractivity (Wildman–Crippen MR) is 65.8 cm³/mol. The van der Waals surface area contributed by atoms with E-state index >= 15 is 0 Å². The molecule has 0 saturated heterocycles. The normalized spacial score (nSPS) is 14.0. The van der Waals surface area contributed by atoms with Gasteiger partial charge in [0.25, 0.3) is 0 Å². The van der Waals surface area contributed by atoms with Crippen LogP contribution in [0, 0.1) is 18.7 Å². The molecule has 1 aromatic carbocycles. The second-order valence-corrected chi connectivity index (χ2v) is 6.25. The SMILES string of the molecule is Cc1cc(F)ccc1S(=O)(=O)N[C@H](C)C(C)C. The highest BCUT2D eigenvalue weighted by atomic mass is 32.2. The van der Waals surface area contributed by atoms with Crippen LogP contribution in [-0.4, -0.2) is 14.5 Å². The summed E-state index contributed by atoms with van der Waals surface area (Å²) in [5, 5.41) is 0. The van der Waals surface area contributed by atoms with Crippen molar-refractivity contribution in [2.45, 2.75) is 38.6 Å². The number of nitrogens with one attached hydrogen (secondary N) is 1. The Hall–Kier alpha value is -0.940. The summed E-state index contributed by atoms with van der Waals surface area (Å²) >= 11 is 0. The fraction of sp³-hybridized carbons (Fsp3) is 0.500. The Morgan fingerprint density at radius 3 is 2.29 bits per heavy atom. The molecule has 0 heterocycles. The monoisotopic (exact) mass is 259 g/mol. The highest BCUT2D eigenvalue weighted by Gasteiger charge is 2.21. The van der Waals surface area contributed by atoms with Gasteiger partial charge in [0.15, 0.2) is 0 Å². The van der Waals surface area contributed by atoms with Crippen LogP contribution in [-0.2, 0) is 10.0 Å². The van der Waals surface area contributed by atoms with Gasteiger partial charge in [0.2, 0.25) is 10.0 Å². The second kappa shape index (κ2) is 5.14. The highest BCUT2D eigenvalue weighted by molar-refractivity contribution is 7.89. The van der Waals surface area contributed by atoms with E-state index in [1.807, 2.05) is 13.8 Å². The lowest BCUT2D eigenvalue weighted by molar-refractivity contribution is 0.476. The minimum atomic E-state index is -3.57. The van der Waals surface area contributed by atoms with Crippen molar-refractivity contribution < 1.29 is 12.8 Å². The van der Waals surface area contributed by atoms with Gasteiger partial charge in [0, 0.05) is 6.04 Å². The molecule has 0 unspecified atom stereocenters. The molecule has 0 fully saturated rings. The first kappa shape index (κ1) is 14.1. The number of hydrogen-bond acceptors (Lipinski definition) is 2. The second-order valence-electron chi connectivity index (χ2n) is 4.56. The molecule has 0 amide bonds. The van der Waals surface area contributed by atoms with Crippen molar-refractivity contribution in [1.82, 2.24) is 4.72 Å². The molecule has 1 rings (SSSR count). The van der Waals surface area contributed by atoms with Crippen LogP contribution in [0.1, 0.15) is 26.3 Å². The molecule has 0 aliphatic heterocycles. The Bertz CT molecular complexity index is 497. The lowest BCUT2D eigenvalue weighted by Gasteiger charge is -2.18. The van der Waals surface area contributed by atoms with Crippen molar-refractivity contribution in [2.24, 2.45) is 5.92 Å². The van der Waals surface area contributed by atoms with Crippen LogP contribution in [0.2, 0.25) is 0 Å². The standard InChI is InChI=1S/C12H18FNO2S/c1-8(2)10(4)14-17(15,16)12-6-5-11(13)7-9(12)3/h5-8,10,14H,1-4H3/t10-/m1/s1. The summed E-state index contributed by atoms with van der Waals surface area (Å²) in [6, 6.07) is 3.50. The number of sulfonamides is 1. The summed E-state index contributed by atoms with van der Waals surface area (Å²) in [4.78, 5) is 0.131. The molecule has 1 atom stereocenters. The van der Waals surface area contributed by atoms with Crippen molar-refractivity contribution in [1.29, 1.82) is 0 Å². The van der Waals surface area contributed by atoms with Gasteiger partial charge in [-0.05, 0) is 43.5 Å². The van der Waals surface area contributed by atoms with E-state index in [-0.39, 0.29) is 16.9 Å². The average molecular weight is 259 g/mol. The van der Waals surface area contributed by atoms with Gasteiger partial charge in [0.05, 0.1) is 4.90 Å². The molecule has 0 saturated carbocycles. The average Bonchev–Trinajstić information content (AvgIpc) is 2.15. The van der Waals surface area contributed by atoms with Crippen LogP contribution >= 0.6 is 0 Å². The van der Waals surface area contributed by atoms with Gasteiger partial charge in [-0.2, -0.15) is 0 Å². The number of halogens is 1. The van der Waals surface area contributed by atoms with E-state index in [0.717, 1.165) is 6.07 Å². The van der Waals surface area contributed by atoms with E-state index in [2.05, 4.69) is 4.72 Å². The Kier molecular flexibility index (Phi) is 4.27. The molecule has 0 aliphatic rings. The first-order chi connectivity index (χ1) is 7.74. The summed E-state index contributed by atoms with van der Waals surface area (Å²) < 4.78 is 39.6. The third-order valence-electron chi connectivity index (χ3n) is 2.77. The molecule has 1 N–H and O–H groups in total. The molecule has 0 radical (unpaired) electrons.